The molecule has 0 aliphatic rings. The summed E-state index contributed by atoms with van der Waals surface area (Å²) in [5.74, 6) is 1.38. The normalized spacial score (nSPS) is 12.4. The van der Waals surface area contributed by atoms with Gasteiger partial charge in [0, 0.05) is 0 Å². The van der Waals surface area contributed by atoms with Crippen molar-refractivity contribution >= 4 is 5.69 Å². The van der Waals surface area contributed by atoms with E-state index in [2.05, 4.69) is 26.8 Å². The molecule has 0 spiro atoms. The Hall–Kier alpha value is -1.18. The lowest BCUT2D eigenvalue weighted by Gasteiger charge is -2.13. The van der Waals surface area contributed by atoms with Crippen LogP contribution in [0, 0.1) is 0 Å². The fourth-order valence-corrected chi connectivity index (χ4v) is 1.57. The predicted molar refractivity (Wildman–Crippen MR) is 70.0 cm³/mol. The fourth-order valence-electron chi connectivity index (χ4n) is 1.57. The molecule has 0 aliphatic heterocycles. The number of hydrogen-bond acceptors (Lipinski definition) is 2. The first-order valence-corrected chi connectivity index (χ1v) is 6.21. The van der Waals surface area contributed by atoms with Crippen molar-refractivity contribution < 1.29 is 4.74 Å². The molecule has 90 valence electrons. The maximum absolute atomic E-state index is 5.97. The molecule has 0 fully saturated rings. The second kappa shape index (κ2) is 6.41. The van der Waals surface area contributed by atoms with Gasteiger partial charge < -0.3 is 10.5 Å². The van der Waals surface area contributed by atoms with Gasteiger partial charge in [0.15, 0.2) is 0 Å². The minimum Gasteiger partial charge on any atom is -0.491 e. The Morgan fingerprint density at radius 2 is 2.06 bits per heavy atom. The minimum atomic E-state index is 0.562. The van der Waals surface area contributed by atoms with Crippen LogP contribution in [0.3, 0.4) is 0 Å². The Kier molecular flexibility index (Phi) is 5.17. The third-order valence-electron chi connectivity index (χ3n) is 2.97. The number of hydrogen-bond donors (Lipinski definition) is 1. The quantitative estimate of drug-likeness (QED) is 0.583. The molecule has 1 unspecified atom stereocenters. The van der Waals surface area contributed by atoms with Gasteiger partial charge >= 0.3 is 0 Å². The van der Waals surface area contributed by atoms with Crippen LogP contribution in [0.5, 0.6) is 5.75 Å². The smallest absolute Gasteiger partial charge is 0.142 e. The molecule has 2 N–H and O–H groups in total. The average Bonchev–Trinajstić information content (AvgIpc) is 2.30. The summed E-state index contributed by atoms with van der Waals surface area (Å²) in [6, 6.07) is 6.15. The number of rotatable bonds is 6. The molecule has 0 amide bonds. The molecule has 0 radical (unpaired) electrons. The Bertz CT molecular complexity index is 323. The van der Waals surface area contributed by atoms with Gasteiger partial charge in [0.1, 0.15) is 5.75 Å². The van der Waals surface area contributed by atoms with E-state index in [-0.39, 0.29) is 0 Å². The van der Waals surface area contributed by atoms with Crippen LogP contribution in [0.25, 0.3) is 0 Å². The molecule has 2 heteroatoms. The van der Waals surface area contributed by atoms with Crippen molar-refractivity contribution in [2.75, 3.05) is 12.3 Å². The van der Waals surface area contributed by atoms with Gasteiger partial charge in [0.25, 0.3) is 0 Å². The first-order valence-electron chi connectivity index (χ1n) is 6.21. The largest absolute Gasteiger partial charge is 0.491 e. The van der Waals surface area contributed by atoms with Crippen molar-refractivity contribution in [3.8, 4) is 5.75 Å². The van der Waals surface area contributed by atoms with Crippen LogP contribution in [0.4, 0.5) is 5.69 Å². The molecule has 0 saturated heterocycles. The van der Waals surface area contributed by atoms with Gasteiger partial charge in [-0.2, -0.15) is 0 Å². The summed E-state index contributed by atoms with van der Waals surface area (Å²) in [7, 11) is 0. The lowest BCUT2D eigenvalue weighted by molar-refractivity contribution is 0.311. The van der Waals surface area contributed by atoms with Gasteiger partial charge in [0.05, 0.1) is 12.3 Å². The first kappa shape index (κ1) is 12.9. The summed E-state index contributed by atoms with van der Waals surface area (Å²) in [4.78, 5) is 0. The van der Waals surface area contributed by atoms with E-state index in [1.165, 1.54) is 5.56 Å². The average molecular weight is 221 g/mol. The zero-order valence-corrected chi connectivity index (χ0v) is 10.6. The Morgan fingerprint density at radius 3 is 2.62 bits per heavy atom. The number of ether oxygens (including phenoxy) is 1. The van der Waals surface area contributed by atoms with E-state index in [1.807, 2.05) is 12.1 Å². The molecule has 0 heterocycles. The zero-order chi connectivity index (χ0) is 12.0. The van der Waals surface area contributed by atoms with Gasteiger partial charge in [-0.1, -0.05) is 33.3 Å². The molecule has 1 rings (SSSR count). The van der Waals surface area contributed by atoms with Crippen LogP contribution in [-0.2, 0) is 0 Å². The van der Waals surface area contributed by atoms with Crippen molar-refractivity contribution in [3.63, 3.8) is 0 Å². The number of benzene rings is 1. The van der Waals surface area contributed by atoms with Crippen molar-refractivity contribution in [1.82, 2.24) is 0 Å². The molecular formula is C14H23NO. The summed E-state index contributed by atoms with van der Waals surface area (Å²) in [6.07, 6.45) is 3.35. The number of nitrogens with two attached hydrogens (primary N) is 1. The maximum Gasteiger partial charge on any atom is 0.142 e. The molecule has 0 aromatic heterocycles. The second-order valence-electron chi connectivity index (χ2n) is 4.31. The highest BCUT2D eigenvalue weighted by Crippen LogP contribution is 2.27. The Labute approximate surface area is 98.8 Å². The Balaban J connectivity index is 2.67. The molecule has 1 atom stereocenters. The van der Waals surface area contributed by atoms with Gasteiger partial charge in [-0.05, 0) is 36.5 Å². The summed E-state index contributed by atoms with van der Waals surface area (Å²) < 4.78 is 5.62. The van der Waals surface area contributed by atoms with Crippen LogP contribution < -0.4 is 10.5 Å². The molecule has 0 aliphatic carbocycles. The van der Waals surface area contributed by atoms with Crippen LogP contribution in [0.1, 0.15) is 51.5 Å². The number of nitrogen functional groups attached to an aromatic ring is 1. The van der Waals surface area contributed by atoms with E-state index in [9.17, 15) is 0 Å². The summed E-state index contributed by atoms with van der Waals surface area (Å²) >= 11 is 0. The first-order chi connectivity index (χ1) is 7.69. The van der Waals surface area contributed by atoms with Crippen molar-refractivity contribution in [2.45, 2.75) is 46.0 Å². The van der Waals surface area contributed by atoms with E-state index in [0.29, 0.717) is 5.92 Å². The van der Waals surface area contributed by atoms with Gasteiger partial charge in [-0.25, -0.2) is 0 Å². The van der Waals surface area contributed by atoms with E-state index in [0.717, 1.165) is 37.3 Å². The highest BCUT2D eigenvalue weighted by Gasteiger charge is 2.06. The van der Waals surface area contributed by atoms with Gasteiger partial charge in [-0.3, -0.25) is 0 Å². The van der Waals surface area contributed by atoms with Crippen LogP contribution in [0.15, 0.2) is 18.2 Å². The molecule has 0 bridgehead atoms. The fraction of sp³-hybridized carbons (Fsp3) is 0.571. The molecule has 1 aromatic rings. The van der Waals surface area contributed by atoms with E-state index in [1.54, 1.807) is 0 Å². The number of anilines is 1. The molecule has 1 aromatic carbocycles. The molecule has 16 heavy (non-hydrogen) atoms. The maximum atomic E-state index is 5.97. The monoisotopic (exact) mass is 221 g/mol. The standard InChI is InChI=1S/C14H23NO/c1-4-6-9-16-14-8-7-12(10-13(14)15)11(3)5-2/h7-8,10-11H,4-6,9,15H2,1-3H3. The van der Waals surface area contributed by atoms with Gasteiger partial charge in [-0.15, -0.1) is 0 Å². The predicted octanol–water partition coefficient (Wildman–Crippen LogP) is 3.96. The topological polar surface area (TPSA) is 35.2 Å². The summed E-state index contributed by atoms with van der Waals surface area (Å²) in [5, 5.41) is 0. The molecule has 2 nitrogen and oxygen atoms in total. The molecule has 0 saturated carbocycles. The highest BCUT2D eigenvalue weighted by atomic mass is 16.5. The van der Waals surface area contributed by atoms with Crippen molar-refractivity contribution in [3.05, 3.63) is 23.8 Å². The lowest BCUT2D eigenvalue weighted by atomic mass is 9.98. The van der Waals surface area contributed by atoms with E-state index < -0.39 is 0 Å². The van der Waals surface area contributed by atoms with Crippen LogP contribution in [-0.4, -0.2) is 6.61 Å². The van der Waals surface area contributed by atoms with Crippen LogP contribution in [0.2, 0.25) is 0 Å². The summed E-state index contributed by atoms with van der Waals surface area (Å²) in [6.45, 7) is 7.31. The van der Waals surface area contributed by atoms with Crippen molar-refractivity contribution in [1.29, 1.82) is 0 Å². The van der Waals surface area contributed by atoms with E-state index in [4.69, 9.17) is 10.5 Å². The SMILES string of the molecule is CCCCOc1ccc(C(C)CC)cc1N. The summed E-state index contributed by atoms with van der Waals surface area (Å²) in [5.41, 5.74) is 8.02. The number of unbranched alkanes of at least 4 members (excludes halogenated alkanes) is 1. The Morgan fingerprint density at radius 1 is 1.31 bits per heavy atom. The third kappa shape index (κ3) is 3.44. The van der Waals surface area contributed by atoms with Crippen LogP contribution >= 0.6 is 0 Å². The minimum absolute atomic E-state index is 0.562. The van der Waals surface area contributed by atoms with E-state index >= 15 is 0 Å². The molecular weight excluding hydrogens is 198 g/mol. The van der Waals surface area contributed by atoms with Gasteiger partial charge in [0.2, 0.25) is 0 Å². The zero-order valence-electron chi connectivity index (χ0n) is 10.6. The second-order valence-corrected chi connectivity index (χ2v) is 4.31. The lowest BCUT2D eigenvalue weighted by Crippen LogP contribution is -2.01. The third-order valence-corrected chi connectivity index (χ3v) is 2.97. The highest BCUT2D eigenvalue weighted by molar-refractivity contribution is 5.54. The van der Waals surface area contributed by atoms with Crippen molar-refractivity contribution in [2.24, 2.45) is 0 Å².